The molecule has 1 aliphatic carbocycles. The van der Waals surface area contributed by atoms with E-state index in [9.17, 15) is 9.59 Å². The Bertz CT molecular complexity index is 1030. The van der Waals surface area contributed by atoms with Gasteiger partial charge in [0.1, 0.15) is 17.2 Å². The van der Waals surface area contributed by atoms with Gasteiger partial charge in [0.2, 0.25) is 0 Å². The number of para-hydroxylation sites is 1. The van der Waals surface area contributed by atoms with Crippen LogP contribution >= 0.6 is 0 Å². The van der Waals surface area contributed by atoms with E-state index in [0.717, 1.165) is 24.2 Å². The van der Waals surface area contributed by atoms with Crippen molar-refractivity contribution in [2.24, 2.45) is 0 Å². The molecule has 4 rings (SSSR count). The number of benzene rings is 3. The van der Waals surface area contributed by atoms with Gasteiger partial charge in [-0.3, -0.25) is 9.59 Å². The minimum absolute atomic E-state index is 0.0289. The molecule has 6 heteroatoms. The van der Waals surface area contributed by atoms with Crippen molar-refractivity contribution in [2.75, 3.05) is 13.2 Å². The Balaban J connectivity index is 1.18. The summed E-state index contributed by atoms with van der Waals surface area (Å²) in [5, 5.41) is 5.82. The van der Waals surface area contributed by atoms with Gasteiger partial charge in [0.25, 0.3) is 11.8 Å². The largest absolute Gasteiger partial charge is 0.484 e. The van der Waals surface area contributed by atoms with Gasteiger partial charge >= 0.3 is 0 Å². The third-order valence-corrected chi connectivity index (χ3v) is 5.03. The molecule has 0 saturated heterocycles. The fourth-order valence-electron chi connectivity index (χ4n) is 3.12. The molecular weight excluding hydrogens is 404 g/mol. The standard InChI is InChI=1S/C26H26N2O4/c29-25(28-21-10-11-21)18-31-22-12-6-19(7-13-22)16-17-27-26(30)20-8-14-24(15-9-20)32-23-4-2-1-3-5-23/h1-9,12-15,21H,10-11,16-18H2,(H,27,30)(H,28,29). The molecule has 0 aliphatic heterocycles. The lowest BCUT2D eigenvalue weighted by Crippen LogP contribution is -2.30. The summed E-state index contributed by atoms with van der Waals surface area (Å²) in [6.45, 7) is 0.548. The molecule has 0 aromatic heterocycles. The first-order valence-electron chi connectivity index (χ1n) is 10.8. The van der Waals surface area contributed by atoms with Crippen LogP contribution in [0.1, 0.15) is 28.8 Å². The molecule has 2 N–H and O–H groups in total. The van der Waals surface area contributed by atoms with Crippen LogP contribution in [0.15, 0.2) is 78.9 Å². The SMILES string of the molecule is O=C(COc1ccc(CCNC(=O)c2ccc(Oc3ccccc3)cc2)cc1)NC1CC1. The maximum Gasteiger partial charge on any atom is 0.258 e. The molecule has 0 atom stereocenters. The molecule has 1 fully saturated rings. The molecule has 3 aromatic carbocycles. The average molecular weight is 431 g/mol. The Morgan fingerprint density at radius 3 is 2.16 bits per heavy atom. The predicted molar refractivity (Wildman–Crippen MR) is 122 cm³/mol. The van der Waals surface area contributed by atoms with E-state index in [-0.39, 0.29) is 18.4 Å². The van der Waals surface area contributed by atoms with E-state index in [1.54, 1.807) is 24.3 Å². The first kappa shape index (κ1) is 21.4. The van der Waals surface area contributed by atoms with Crippen molar-refractivity contribution < 1.29 is 19.1 Å². The van der Waals surface area contributed by atoms with Crippen molar-refractivity contribution in [1.82, 2.24) is 10.6 Å². The molecule has 0 spiro atoms. The summed E-state index contributed by atoms with van der Waals surface area (Å²) in [6.07, 6.45) is 2.82. The van der Waals surface area contributed by atoms with Crippen LogP contribution in [-0.4, -0.2) is 31.0 Å². The molecule has 32 heavy (non-hydrogen) atoms. The number of amides is 2. The summed E-state index contributed by atoms with van der Waals surface area (Å²) in [5.74, 6) is 1.88. The zero-order valence-electron chi connectivity index (χ0n) is 17.8. The Morgan fingerprint density at radius 1 is 0.812 bits per heavy atom. The summed E-state index contributed by atoms with van der Waals surface area (Å²) in [7, 11) is 0. The third kappa shape index (κ3) is 6.60. The maximum absolute atomic E-state index is 12.4. The van der Waals surface area contributed by atoms with E-state index in [0.29, 0.717) is 36.1 Å². The van der Waals surface area contributed by atoms with E-state index in [4.69, 9.17) is 9.47 Å². The Morgan fingerprint density at radius 2 is 1.47 bits per heavy atom. The van der Waals surface area contributed by atoms with Crippen molar-refractivity contribution in [2.45, 2.75) is 25.3 Å². The molecule has 164 valence electrons. The van der Waals surface area contributed by atoms with Crippen LogP contribution in [0.4, 0.5) is 0 Å². The summed E-state index contributed by atoms with van der Waals surface area (Å²) in [6, 6.07) is 24.5. The van der Waals surface area contributed by atoms with Crippen molar-refractivity contribution >= 4 is 11.8 Å². The van der Waals surface area contributed by atoms with E-state index in [1.807, 2.05) is 54.6 Å². The normalized spacial score (nSPS) is 12.6. The van der Waals surface area contributed by atoms with E-state index >= 15 is 0 Å². The first-order chi connectivity index (χ1) is 15.7. The van der Waals surface area contributed by atoms with Crippen LogP contribution in [0.25, 0.3) is 0 Å². The first-order valence-corrected chi connectivity index (χ1v) is 10.8. The second kappa shape index (κ2) is 10.5. The van der Waals surface area contributed by atoms with E-state index in [1.165, 1.54) is 0 Å². The number of ether oxygens (including phenoxy) is 2. The highest BCUT2D eigenvalue weighted by Gasteiger charge is 2.23. The Hall–Kier alpha value is -3.80. The van der Waals surface area contributed by atoms with Gasteiger partial charge in [-0.05, 0) is 73.4 Å². The second-order valence-electron chi connectivity index (χ2n) is 7.72. The van der Waals surface area contributed by atoms with Gasteiger partial charge in [0, 0.05) is 18.2 Å². The van der Waals surface area contributed by atoms with Gasteiger partial charge in [-0.2, -0.15) is 0 Å². The van der Waals surface area contributed by atoms with Crippen LogP contribution in [0.2, 0.25) is 0 Å². The van der Waals surface area contributed by atoms with Gasteiger partial charge in [0.05, 0.1) is 0 Å². The molecular formula is C26H26N2O4. The number of hydrogen-bond donors (Lipinski definition) is 2. The van der Waals surface area contributed by atoms with Crippen LogP contribution in [-0.2, 0) is 11.2 Å². The molecule has 1 aliphatic rings. The number of rotatable bonds is 10. The van der Waals surface area contributed by atoms with Crippen molar-refractivity contribution in [3.8, 4) is 17.2 Å². The second-order valence-corrected chi connectivity index (χ2v) is 7.72. The summed E-state index contributed by atoms with van der Waals surface area (Å²) in [5.41, 5.74) is 1.66. The molecule has 3 aromatic rings. The van der Waals surface area contributed by atoms with Crippen molar-refractivity contribution in [3.05, 3.63) is 90.0 Å². The van der Waals surface area contributed by atoms with Gasteiger partial charge in [-0.1, -0.05) is 30.3 Å². The zero-order chi connectivity index (χ0) is 22.2. The molecule has 6 nitrogen and oxygen atoms in total. The summed E-state index contributed by atoms with van der Waals surface area (Å²) >= 11 is 0. The summed E-state index contributed by atoms with van der Waals surface area (Å²) in [4.78, 5) is 24.1. The lowest BCUT2D eigenvalue weighted by atomic mass is 10.1. The lowest BCUT2D eigenvalue weighted by Gasteiger charge is -2.09. The fraction of sp³-hybridized carbons (Fsp3) is 0.231. The van der Waals surface area contributed by atoms with Gasteiger partial charge < -0.3 is 20.1 Å². The predicted octanol–water partition coefficient (Wildman–Crippen LogP) is 4.11. The summed E-state index contributed by atoms with van der Waals surface area (Å²) < 4.78 is 11.3. The molecule has 0 unspecified atom stereocenters. The van der Waals surface area contributed by atoms with Crippen molar-refractivity contribution in [1.29, 1.82) is 0 Å². The fourth-order valence-corrected chi connectivity index (χ4v) is 3.12. The number of carbonyl (C=O) groups excluding carboxylic acids is 2. The van der Waals surface area contributed by atoms with E-state index < -0.39 is 0 Å². The lowest BCUT2D eigenvalue weighted by molar-refractivity contribution is -0.123. The van der Waals surface area contributed by atoms with Gasteiger partial charge in [0.15, 0.2) is 6.61 Å². The highest BCUT2D eigenvalue weighted by molar-refractivity contribution is 5.94. The monoisotopic (exact) mass is 430 g/mol. The van der Waals surface area contributed by atoms with Crippen molar-refractivity contribution in [3.63, 3.8) is 0 Å². The molecule has 1 saturated carbocycles. The smallest absolute Gasteiger partial charge is 0.258 e. The van der Waals surface area contributed by atoms with Crippen LogP contribution in [0, 0.1) is 0 Å². The maximum atomic E-state index is 12.4. The van der Waals surface area contributed by atoms with Crippen LogP contribution < -0.4 is 20.1 Å². The quantitative estimate of drug-likeness (QED) is 0.508. The molecule has 0 bridgehead atoms. The number of nitrogens with one attached hydrogen (secondary N) is 2. The number of carbonyl (C=O) groups is 2. The third-order valence-electron chi connectivity index (χ3n) is 5.03. The average Bonchev–Trinajstić information content (AvgIpc) is 3.63. The van der Waals surface area contributed by atoms with E-state index in [2.05, 4.69) is 10.6 Å². The highest BCUT2D eigenvalue weighted by atomic mass is 16.5. The minimum atomic E-state index is -0.127. The van der Waals surface area contributed by atoms with Crippen LogP contribution in [0.3, 0.4) is 0 Å². The molecule has 0 heterocycles. The number of hydrogen-bond acceptors (Lipinski definition) is 4. The molecule has 2 amide bonds. The minimum Gasteiger partial charge on any atom is -0.484 e. The Labute approximate surface area is 187 Å². The zero-order valence-corrected chi connectivity index (χ0v) is 17.8. The topological polar surface area (TPSA) is 76.7 Å². The Kier molecular flexibility index (Phi) is 7.02. The van der Waals surface area contributed by atoms with Gasteiger partial charge in [-0.15, -0.1) is 0 Å². The molecule has 0 radical (unpaired) electrons. The van der Waals surface area contributed by atoms with Crippen LogP contribution in [0.5, 0.6) is 17.2 Å². The highest BCUT2D eigenvalue weighted by Crippen LogP contribution is 2.21. The van der Waals surface area contributed by atoms with Gasteiger partial charge in [-0.25, -0.2) is 0 Å².